The van der Waals surface area contributed by atoms with Crippen molar-refractivity contribution in [1.29, 1.82) is 0 Å². The first kappa shape index (κ1) is 15.6. The molecule has 1 aliphatic rings. The Hall–Kier alpha value is -2.27. The number of likely N-dealkylation sites (N-methyl/N-ethyl adjacent to an activating group) is 1. The second-order valence-corrected chi connectivity index (χ2v) is 6.40. The molecule has 2 heterocycles. The van der Waals surface area contributed by atoms with Crippen LogP contribution < -0.4 is 9.47 Å². The number of fused-ring (bicyclic) bond motifs is 1. The monoisotopic (exact) mass is 329 g/mol. The predicted molar refractivity (Wildman–Crippen MR) is 91.9 cm³/mol. The van der Waals surface area contributed by atoms with E-state index in [4.69, 9.17) is 9.47 Å². The number of rotatable bonds is 4. The molecule has 4 nitrogen and oxygen atoms in total. The maximum atomic E-state index is 12.2. The van der Waals surface area contributed by atoms with Crippen LogP contribution >= 0.6 is 11.3 Å². The quantitative estimate of drug-likeness (QED) is 0.805. The first-order valence-electron chi connectivity index (χ1n) is 7.57. The summed E-state index contributed by atoms with van der Waals surface area (Å²) in [6.07, 6.45) is 4.28. The lowest BCUT2D eigenvalue weighted by Crippen LogP contribution is -2.23. The summed E-state index contributed by atoms with van der Waals surface area (Å²) < 4.78 is 11.3. The number of ether oxygens (including phenoxy) is 2. The van der Waals surface area contributed by atoms with Gasteiger partial charge in [-0.05, 0) is 35.2 Å². The fourth-order valence-corrected chi connectivity index (χ4v) is 3.05. The summed E-state index contributed by atoms with van der Waals surface area (Å²) in [4.78, 5) is 15.0. The first-order valence-corrected chi connectivity index (χ1v) is 8.45. The minimum Gasteiger partial charge on any atom is -0.490 e. The van der Waals surface area contributed by atoms with Crippen molar-refractivity contribution < 1.29 is 14.3 Å². The van der Waals surface area contributed by atoms with Crippen molar-refractivity contribution in [3.63, 3.8) is 0 Å². The zero-order chi connectivity index (χ0) is 16.1. The lowest BCUT2D eigenvalue weighted by Gasteiger charge is -2.13. The molecule has 0 spiro atoms. The highest BCUT2D eigenvalue weighted by atomic mass is 32.1. The van der Waals surface area contributed by atoms with Crippen LogP contribution in [0.1, 0.15) is 16.9 Å². The molecular weight excluding hydrogens is 310 g/mol. The molecule has 1 aromatic carbocycles. The van der Waals surface area contributed by atoms with Gasteiger partial charge in [-0.1, -0.05) is 12.1 Å². The highest BCUT2D eigenvalue weighted by Gasteiger charge is 2.10. The van der Waals surface area contributed by atoms with Gasteiger partial charge in [0.15, 0.2) is 11.5 Å². The summed E-state index contributed by atoms with van der Waals surface area (Å²) in [6, 6.07) is 9.74. The maximum Gasteiger partial charge on any atom is 0.246 e. The average Bonchev–Trinajstić information content (AvgIpc) is 2.95. The van der Waals surface area contributed by atoms with Gasteiger partial charge in [0.2, 0.25) is 5.91 Å². The molecule has 1 amide bonds. The molecule has 0 unspecified atom stereocenters. The zero-order valence-corrected chi connectivity index (χ0v) is 13.8. The Morgan fingerprint density at radius 1 is 1.26 bits per heavy atom. The van der Waals surface area contributed by atoms with Crippen molar-refractivity contribution in [2.45, 2.75) is 13.0 Å². The van der Waals surface area contributed by atoms with E-state index in [2.05, 4.69) is 0 Å². The minimum absolute atomic E-state index is 0.0227. The standard InChI is InChI=1S/C18H19NO3S/c1-19(13-15-4-2-11-23-15)18(20)8-6-14-5-7-16-17(12-14)22-10-3-9-21-16/h2,4-8,11-12H,3,9-10,13H2,1H3/b8-6+. The van der Waals surface area contributed by atoms with E-state index in [0.29, 0.717) is 19.8 Å². The van der Waals surface area contributed by atoms with Gasteiger partial charge in [0.25, 0.3) is 0 Å². The highest BCUT2D eigenvalue weighted by Crippen LogP contribution is 2.30. The second kappa shape index (κ2) is 7.33. The molecule has 3 rings (SSSR count). The van der Waals surface area contributed by atoms with Gasteiger partial charge in [-0.25, -0.2) is 0 Å². The molecule has 0 atom stereocenters. The molecular formula is C18H19NO3S. The van der Waals surface area contributed by atoms with Crippen LogP contribution in [0.5, 0.6) is 11.5 Å². The number of carbonyl (C=O) groups is 1. The number of amides is 1. The fourth-order valence-electron chi connectivity index (χ4n) is 2.29. The number of hydrogen-bond acceptors (Lipinski definition) is 4. The van der Waals surface area contributed by atoms with Crippen LogP contribution in [-0.2, 0) is 11.3 Å². The van der Waals surface area contributed by atoms with Crippen molar-refractivity contribution >= 4 is 23.3 Å². The molecule has 23 heavy (non-hydrogen) atoms. The average molecular weight is 329 g/mol. The van der Waals surface area contributed by atoms with Gasteiger partial charge >= 0.3 is 0 Å². The summed E-state index contributed by atoms with van der Waals surface area (Å²) in [5.74, 6) is 1.48. The number of hydrogen-bond donors (Lipinski definition) is 0. The molecule has 0 bridgehead atoms. The van der Waals surface area contributed by atoms with Gasteiger partial charge in [-0.2, -0.15) is 0 Å². The third-order valence-electron chi connectivity index (χ3n) is 3.54. The summed E-state index contributed by atoms with van der Waals surface area (Å²) >= 11 is 1.65. The third kappa shape index (κ3) is 4.13. The van der Waals surface area contributed by atoms with E-state index in [1.165, 1.54) is 4.88 Å². The molecule has 0 N–H and O–H groups in total. The van der Waals surface area contributed by atoms with E-state index < -0.39 is 0 Å². The van der Waals surface area contributed by atoms with Crippen LogP contribution in [0.4, 0.5) is 0 Å². The highest BCUT2D eigenvalue weighted by molar-refractivity contribution is 7.09. The summed E-state index contributed by atoms with van der Waals surface area (Å²) in [6.45, 7) is 1.96. The van der Waals surface area contributed by atoms with Gasteiger partial charge in [0.1, 0.15) is 0 Å². The van der Waals surface area contributed by atoms with Crippen molar-refractivity contribution in [1.82, 2.24) is 4.90 Å². The molecule has 1 aromatic heterocycles. The Kier molecular flexibility index (Phi) is 4.98. The van der Waals surface area contributed by atoms with E-state index >= 15 is 0 Å². The molecule has 0 saturated heterocycles. The summed E-state index contributed by atoms with van der Waals surface area (Å²) in [5.41, 5.74) is 0.923. The Morgan fingerprint density at radius 2 is 2.09 bits per heavy atom. The summed E-state index contributed by atoms with van der Waals surface area (Å²) in [7, 11) is 1.81. The maximum absolute atomic E-state index is 12.2. The molecule has 1 aliphatic heterocycles. The summed E-state index contributed by atoms with van der Waals surface area (Å²) in [5, 5.41) is 2.02. The lowest BCUT2D eigenvalue weighted by atomic mass is 10.2. The lowest BCUT2D eigenvalue weighted by molar-refractivity contribution is -0.125. The zero-order valence-electron chi connectivity index (χ0n) is 13.0. The largest absolute Gasteiger partial charge is 0.490 e. The predicted octanol–water partition coefficient (Wildman–Crippen LogP) is 3.58. The number of carbonyl (C=O) groups excluding carboxylic acids is 1. The van der Waals surface area contributed by atoms with Gasteiger partial charge in [0.05, 0.1) is 19.8 Å². The Morgan fingerprint density at radius 3 is 2.87 bits per heavy atom. The second-order valence-electron chi connectivity index (χ2n) is 5.36. The molecule has 5 heteroatoms. The fraction of sp³-hybridized carbons (Fsp3) is 0.278. The van der Waals surface area contributed by atoms with Gasteiger partial charge in [-0.3, -0.25) is 4.79 Å². The van der Waals surface area contributed by atoms with Gasteiger partial charge < -0.3 is 14.4 Å². The first-order chi connectivity index (χ1) is 11.2. The molecule has 0 aliphatic carbocycles. The Balaban J connectivity index is 1.65. The van der Waals surface area contributed by atoms with E-state index in [0.717, 1.165) is 23.5 Å². The van der Waals surface area contributed by atoms with Crippen molar-refractivity contribution in [2.75, 3.05) is 20.3 Å². The molecule has 0 fully saturated rings. The Bertz CT molecular complexity index is 694. The number of nitrogens with zero attached hydrogens (tertiary/aromatic N) is 1. The molecule has 0 radical (unpaired) electrons. The third-order valence-corrected chi connectivity index (χ3v) is 4.40. The van der Waals surface area contributed by atoms with E-state index in [9.17, 15) is 4.79 Å². The molecule has 120 valence electrons. The van der Waals surface area contributed by atoms with Crippen molar-refractivity contribution in [3.05, 3.63) is 52.2 Å². The SMILES string of the molecule is CN(Cc1cccs1)C(=O)/C=C/c1ccc2c(c1)OCCCO2. The van der Waals surface area contributed by atoms with E-state index in [1.54, 1.807) is 29.4 Å². The number of thiophene rings is 1. The van der Waals surface area contributed by atoms with Crippen molar-refractivity contribution in [2.24, 2.45) is 0 Å². The van der Waals surface area contributed by atoms with Crippen molar-refractivity contribution in [3.8, 4) is 11.5 Å². The van der Waals surface area contributed by atoms with Crippen LogP contribution in [0.2, 0.25) is 0 Å². The Labute approximate surface area is 140 Å². The molecule has 0 saturated carbocycles. The van der Waals surface area contributed by atoms with E-state index in [-0.39, 0.29) is 5.91 Å². The topological polar surface area (TPSA) is 38.8 Å². The van der Waals surface area contributed by atoms with E-state index in [1.807, 2.05) is 41.8 Å². The minimum atomic E-state index is -0.0227. The normalized spacial score (nSPS) is 13.8. The smallest absolute Gasteiger partial charge is 0.246 e. The van der Waals surface area contributed by atoms with Crippen LogP contribution in [-0.4, -0.2) is 31.1 Å². The van der Waals surface area contributed by atoms with Gasteiger partial charge in [0, 0.05) is 24.4 Å². The van der Waals surface area contributed by atoms with Gasteiger partial charge in [-0.15, -0.1) is 11.3 Å². The van der Waals surface area contributed by atoms with Crippen LogP contribution in [0, 0.1) is 0 Å². The van der Waals surface area contributed by atoms with Crippen LogP contribution in [0.15, 0.2) is 41.8 Å². The van der Waals surface area contributed by atoms with Crippen LogP contribution in [0.25, 0.3) is 6.08 Å². The van der Waals surface area contributed by atoms with Crippen LogP contribution in [0.3, 0.4) is 0 Å². The molecule has 2 aromatic rings. The number of benzene rings is 1.